The standard InChI is InChI=1S/C13H14FN5O4.C12H19N4O13P3.C11H15N5O4/c1-3-12(22)10(21)13(14,4-20)23-11(12)19-5-16-7-8(15)17-6(2)18-9(7)19;1-6-8-10(14-4-13-6)16(5-15-8)11-12(2,18)9(17)7(27-11)3-26-31(22,23)29-32(24,25)28-30(19,20)21;1-11(19)7(18)5(2-17)20-10(11)16-4-15-6-8(12)13-3-14-9(6)16/h1,5,10-11,20-22H,4H2,2H3,(H2,15,17,18);4-5,7,9,11,17-18H,3H2,1-2H3,(H,22,23)(H,24,25)(H2,19,20,21);3-5,7,10,17-19H,2H2,1H3,(H2,12,13,14)/t10-,11+,12+,13+;7-,9-,11-,12-;5-,7-,10-,11-/m011/s1. The highest BCUT2D eigenvalue weighted by molar-refractivity contribution is 7.66. The van der Waals surface area contributed by atoms with Gasteiger partial charge in [-0.25, -0.2) is 62.9 Å². The number of halogens is 1. The SMILES string of the molecule is C#C[C@]1(O)[C@H](n2cnc3c(N)nc(C)nc32)O[C@](F)(CO)[C@H]1O.C[C@@]1(O)[C@H](O)[C@@H](CO)O[C@H]1n1cnc2c(N)ncnc21.Cc1ncnc2c1ncn2[C@@H]1O[C@H](COP(=O)(O)OP(=O)(O)OP(=O)(O)O)[C@@H](O)[C@@]1(C)O. The molecule has 3 saturated heterocycles. The van der Waals surface area contributed by atoms with Crippen molar-refractivity contribution < 1.29 is 106 Å². The summed E-state index contributed by atoms with van der Waals surface area (Å²) >= 11 is 0. The third-order valence-corrected chi connectivity index (χ3v) is 15.5. The summed E-state index contributed by atoms with van der Waals surface area (Å²) in [6.07, 6.45) is 0.419. The Labute approximate surface area is 418 Å². The lowest BCUT2D eigenvalue weighted by atomic mass is 9.94. The van der Waals surface area contributed by atoms with Crippen LogP contribution in [-0.2, 0) is 41.1 Å². The lowest BCUT2D eigenvalue weighted by Gasteiger charge is -2.27. The van der Waals surface area contributed by atoms with E-state index in [1.165, 1.54) is 54.6 Å². The maximum Gasteiger partial charge on any atom is 0.490 e. The number of hydrogen-bond acceptors (Lipinski definition) is 28. The molecule has 6 aromatic rings. The second-order valence-electron chi connectivity index (χ2n) is 17.1. The van der Waals surface area contributed by atoms with Crippen LogP contribution in [0.15, 0.2) is 31.6 Å². The molecule has 39 heteroatoms. The van der Waals surface area contributed by atoms with Gasteiger partial charge in [-0.05, 0) is 27.7 Å². The highest BCUT2D eigenvalue weighted by atomic mass is 31.3. The van der Waals surface area contributed by atoms with E-state index in [1.807, 2.05) is 5.92 Å². The molecule has 3 aliphatic rings. The van der Waals surface area contributed by atoms with Gasteiger partial charge in [-0.1, -0.05) is 5.92 Å². The van der Waals surface area contributed by atoms with Gasteiger partial charge in [0.2, 0.25) is 5.60 Å². The fourth-order valence-electron chi connectivity index (χ4n) is 7.99. The number of rotatable bonds is 12. The summed E-state index contributed by atoms with van der Waals surface area (Å²) in [5.74, 6) is -0.404. The van der Waals surface area contributed by atoms with Crippen molar-refractivity contribution in [3.63, 3.8) is 0 Å². The number of aliphatic hydroxyl groups excluding tert-OH is 5. The van der Waals surface area contributed by atoms with Crippen LogP contribution in [0.1, 0.15) is 44.0 Å². The van der Waals surface area contributed by atoms with Crippen LogP contribution in [0, 0.1) is 26.2 Å². The number of ether oxygens (including phenoxy) is 3. The van der Waals surface area contributed by atoms with Gasteiger partial charge in [-0.3, -0.25) is 18.2 Å². The number of phosphoric ester groups is 1. The summed E-state index contributed by atoms with van der Waals surface area (Å²) in [7, 11) is -16.7. The quantitative estimate of drug-likeness (QED) is 0.0418. The molecule has 0 aliphatic carbocycles. The number of hydrogen-bond donors (Lipinski definition) is 14. The van der Waals surface area contributed by atoms with E-state index in [4.69, 9.17) is 51.9 Å². The highest BCUT2D eigenvalue weighted by Crippen LogP contribution is 2.66. The molecule has 2 unspecified atom stereocenters. The molecule has 14 atom stereocenters. The van der Waals surface area contributed by atoms with E-state index >= 15 is 0 Å². The maximum atomic E-state index is 14.4. The van der Waals surface area contributed by atoms with Crippen LogP contribution in [0.25, 0.3) is 33.5 Å². The maximum absolute atomic E-state index is 14.4. The summed E-state index contributed by atoms with van der Waals surface area (Å²) in [6, 6.07) is 0. The second kappa shape index (κ2) is 20.6. The van der Waals surface area contributed by atoms with Gasteiger partial charge in [-0.2, -0.15) is 8.62 Å². The van der Waals surface area contributed by atoms with E-state index in [1.54, 1.807) is 13.8 Å². The van der Waals surface area contributed by atoms with E-state index in [0.717, 1.165) is 4.57 Å². The molecule has 0 amide bonds. The molecule has 6 aromatic heterocycles. The van der Waals surface area contributed by atoms with Crippen molar-refractivity contribution >= 4 is 68.6 Å². The number of aromatic nitrogens is 12. The number of alkyl halides is 1. The van der Waals surface area contributed by atoms with Crippen LogP contribution in [0.3, 0.4) is 0 Å². The van der Waals surface area contributed by atoms with Crippen LogP contribution in [0.4, 0.5) is 16.0 Å². The van der Waals surface area contributed by atoms with Gasteiger partial charge in [0.15, 0.2) is 53.4 Å². The number of aryl methyl sites for hydroxylation is 2. The Morgan fingerprint density at radius 2 is 1.23 bits per heavy atom. The zero-order chi connectivity index (χ0) is 55.6. The lowest BCUT2D eigenvalue weighted by molar-refractivity contribution is -0.206. The molecule has 0 aromatic carbocycles. The van der Waals surface area contributed by atoms with Crippen LogP contribution < -0.4 is 11.5 Å². The molecule has 75 heavy (non-hydrogen) atoms. The Morgan fingerprint density at radius 3 is 1.76 bits per heavy atom. The van der Waals surface area contributed by atoms with Gasteiger partial charge in [-0.15, -0.1) is 6.42 Å². The number of imidazole rings is 3. The van der Waals surface area contributed by atoms with Crippen LogP contribution in [0.2, 0.25) is 0 Å². The van der Waals surface area contributed by atoms with Gasteiger partial charge in [0.1, 0.15) is 77.3 Å². The van der Waals surface area contributed by atoms with Gasteiger partial charge < -0.3 is 86.1 Å². The smallest absolute Gasteiger partial charge is 0.394 e. The van der Waals surface area contributed by atoms with Gasteiger partial charge in [0, 0.05) is 0 Å². The number of nitrogens with zero attached hydrogens (tertiary/aromatic N) is 12. The van der Waals surface area contributed by atoms with Gasteiger partial charge in [0.25, 0.3) is 5.85 Å². The predicted molar refractivity (Wildman–Crippen MR) is 243 cm³/mol. The molecule has 35 nitrogen and oxygen atoms in total. The largest absolute Gasteiger partial charge is 0.490 e. The number of anilines is 2. The first-order chi connectivity index (χ1) is 34.8. The van der Waals surface area contributed by atoms with E-state index in [2.05, 4.69) is 58.0 Å². The zero-order valence-corrected chi connectivity index (χ0v) is 41.7. The fraction of sp³-hybridized carbons (Fsp3) is 0.528. The van der Waals surface area contributed by atoms with Gasteiger partial charge in [0.05, 0.1) is 37.9 Å². The molecule has 0 spiro atoms. The Bertz CT molecular complexity index is 3290. The average molecular weight is 1120 g/mol. The molecule has 410 valence electrons. The molecule has 0 bridgehead atoms. The minimum absolute atomic E-state index is 0.0858. The van der Waals surface area contributed by atoms with Crippen molar-refractivity contribution in [2.45, 2.75) is 99.6 Å². The Balaban J connectivity index is 0.000000169. The summed E-state index contributed by atoms with van der Waals surface area (Å²) in [6.45, 7) is 3.35. The normalized spacial score (nSPS) is 32.4. The van der Waals surface area contributed by atoms with Crippen molar-refractivity contribution in [3.8, 4) is 12.3 Å². The molecular weight excluding hydrogens is 1080 g/mol. The first-order valence-electron chi connectivity index (χ1n) is 21.2. The average Bonchev–Trinajstić information content (AvgIpc) is 4.16. The first-order valence-corrected chi connectivity index (χ1v) is 25.7. The molecule has 0 saturated carbocycles. The van der Waals surface area contributed by atoms with Crippen LogP contribution in [0.5, 0.6) is 0 Å². The van der Waals surface area contributed by atoms with E-state index in [0.29, 0.717) is 28.2 Å². The summed E-state index contributed by atoms with van der Waals surface area (Å²) in [5, 5.41) is 80.4. The third kappa shape index (κ3) is 11.0. The Kier molecular flexibility index (Phi) is 15.8. The number of aliphatic hydroxyl groups is 8. The lowest BCUT2D eigenvalue weighted by Crippen LogP contribution is -2.49. The predicted octanol–water partition coefficient (Wildman–Crippen LogP) is -3.47. The van der Waals surface area contributed by atoms with E-state index in [-0.39, 0.29) is 28.4 Å². The van der Waals surface area contributed by atoms with E-state index in [9.17, 15) is 58.7 Å². The number of fused-ring (bicyclic) bond motifs is 3. The third-order valence-electron chi connectivity index (χ3n) is 11.7. The van der Waals surface area contributed by atoms with Crippen molar-refractivity contribution in [1.29, 1.82) is 0 Å². The zero-order valence-electron chi connectivity index (χ0n) is 39.0. The minimum Gasteiger partial charge on any atom is -0.394 e. The molecule has 3 aliphatic heterocycles. The van der Waals surface area contributed by atoms with Gasteiger partial charge >= 0.3 is 23.5 Å². The number of terminal acetylenes is 1. The van der Waals surface area contributed by atoms with Crippen molar-refractivity contribution in [2.75, 3.05) is 31.3 Å². The monoisotopic (exact) mass is 1120 g/mol. The topological polar surface area (TPSA) is 532 Å². The molecular formula is C36H48FN14O21P3. The fourth-order valence-corrected chi connectivity index (χ4v) is 11.0. The summed E-state index contributed by atoms with van der Waals surface area (Å²) < 4.78 is 80.0. The van der Waals surface area contributed by atoms with Crippen molar-refractivity contribution in [3.05, 3.63) is 43.2 Å². The Morgan fingerprint density at radius 1 is 0.720 bits per heavy atom. The molecule has 0 radical (unpaired) electrons. The molecule has 16 N–H and O–H groups in total. The van der Waals surface area contributed by atoms with Crippen LogP contribution in [-0.4, -0.2) is 192 Å². The second-order valence-corrected chi connectivity index (χ2v) is 21.5. The Hall–Kier alpha value is -5.29. The van der Waals surface area contributed by atoms with Crippen molar-refractivity contribution in [2.24, 2.45) is 0 Å². The number of nitrogens with two attached hydrogens (primary N) is 2. The minimum atomic E-state index is -5.70. The molecule has 3 fully saturated rings. The van der Waals surface area contributed by atoms with E-state index < -0.39 is 115 Å². The number of phosphoric acid groups is 3. The van der Waals surface area contributed by atoms with Crippen molar-refractivity contribution in [1.82, 2.24) is 58.6 Å². The number of nitrogen functional groups attached to an aromatic ring is 2. The highest BCUT2D eigenvalue weighted by Gasteiger charge is 2.65. The van der Waals surface area contributed by atoms with Crippen LogP contribution >= 0.6 is 23.5 Å². The first kappa shape index (κ1) is 57.4. The molecule has 9 rings (SSSR count). The summed E-state index contributed by atoms with van der Waals surface area (Å²) in [4.78, 5) is 72.0. The summed E-state index contributed by atoms with van der Waals surface area (Å²) in [5.41, 5.74) is 7.74. The molecule has 9 heterocycles.